The van der Waals surface area contributed by atoms with Crippen LogP contribution in [0.4, 0.5) is 5.82 Å². The van der Waals surface area contributed by atoms with Crippen molar-refractivity contribution < 1.29 is 0 Å². The van der Waals surface area contributed by atoms with E-state index in [2.05, 4.69) is 63.3 Å². The minimum Gasteiger partial charge on any atom is -0.367 e. The molecule has 2 aliphatic rings. The van der Waals surface area contributed by atoms with Gasteiger partial charge in [0.05, 0.1) is 12.2 Å². The quantitative estimate of drug-likeness (QED) is 0.829. The van der Waals surface area contributed by atoms with Crippen LogP contribution in [0.15, 0.2) is 42.6 Å². The Morgan fingerprint density at radius 3 is 2.56 bits per heavy atom. The van der Waals surface area contributed by atoms with Crippen molar-refractivity contribution in [1.29, 1.82) is 0 Å². The number of benzene rings is 1. The summed E-state index contributed by atoms with van der Waals surface area (Å²) in [6.45, 7) is 5.86. The molecule has 1 aliphatic heterocycles. The van der Waals surface area contributed by atoms with Gasteiger partial charge in [-0.1, -0.05) is 30.3 Å². The second-order valence-electron chi connectivity index (χ2n) is 7.73. The fourth-order valence-corrected chi connectivity index (χ4v) is 3.97. The van der Waals surface area contributed by atoms with E-state index in [0.717, 1.165) is 12.3 Å². The lowest BCUT2D eigenvalue weighted by molar-refractivity contribution is 0.221. The number of nitrogens with one attached hydrogen (secondary N) is 1. The van der Waals surface area contributed by atoms with Crippen molar-refractivity contribution in [3.8, 4) is 0 Å². The number of anilines is 1. The van der Waals surface area contributed by atoms with E-state index in [-0.39, 0.29) is 0 Å². The molecule has 4 nitrogen and oxygen atoms in total. The summed E-state index contributed by atoms with van der Waals surface area (Å²) in [5.74, 6) is 2.04. The van der Waals surface area contributed by atoms with E-state index in [9.17, 15) is 0 Å². The highest BCUT2D eigenvalue weighted by Crippen LogP contribution is 2.40. The van der Waals surface area contributed by atoms with Gasteiger partial charge in [0.2, 0.25) is 0 Å². The molecule has 2 aromatic rings. The average molecular weight is 338 g/mol. The van der Waals surface area contributed by atoms with Gasteiger partial charge in [-0.05, 0) is 50.5 Å². The Morgan fingerprint density at radius 1 is 1.08 bits per heavy atom. The Balaban J connectivity index is 1.24. The molecule has 1 aromatic carbocycles. The van der Waals surface area contributed by atoms with Gasteiger partial charge in [0.25, 0.3) is 0 Å². The highest BCUT2D eigenvalue weighted by atomic mass is 15.3. The van der Waals surface area contributed by atoms with Crippen LogP contribution >= 0.6 is 0 Å². The van der Waals surface area contributed by atoms with Crippen molar-refractivity contribution in [2.75, 3.05) is 25.0 Å². The van der Waals surface area contributed by atoms with Gasteiger partial charge in [-0.15, -0.1) is 0 Å². The zero-order valence-electron chi connectivity index (χ0n) is 15.3. The van der Waals surface area contributed by atoms with Gasteiger partial charge in [-0.3, -0.25) is 0 Å². The molecule has 0 radical (unpaired) electrons. The van der Waals surface area contributed by atoms with E-state index < -0.39 is 0 Å². The molecule has 2 heterocycles. The Morgan fingerprint density at radius 2 is 1.84 bits per heavy atom. The van der Waals surface area contributed by atoms with E-state index >= 15 is 0 Å². The maximum atomic E-state index is 4.56. The molecule has 1 saturated heterocycles. The van der Waals surface area contributed by atoms with Crippen molar-refractivity contribution >= 4 is 5.82 Å². The molecule has 1 aliphatic carbocycles. The fraction of sp³-hybridized carbons (Fsp3) is 0.571. The smallest absolute Gasteiger partial charge is 0.124 e. The number of nitrogens with zero attached hydrogens (tertiary/aromatic N) is 3. The number of aromatic nitrogens is 2. The number of hydrogen-bond donors (Lipinski definition) is 1. The third kappa shape index (κ3) is 4.24. The molecular weight excluding hydrogens is 308 g/mol. The van der Waals surface area contributed by atoms with Crippen molar-refractivity contribution in [1.82, 2.24) is 14.7 Å². The molecule has 0 bridgehead atoms. The summed E-state index contributed by atoms with van der Waals surface area (Å²) in [5, 5.41) is 8.33. The van der Waals surface area contributed by atoms with Gasteiger partial charge < -0.3 is 10.2 Å². The van der Waals surface area contributed by atoms with Gasteiger partial charge in [0.1, 0.15) is 5.82 Å². The van der Waals surface area contributed by atoms with Crippen LogP contribution in [0.2, 0.25) is 0 Å². The van der Waals surface area contributed by atoms with Crippen molar-refractivity contribution in [2.24, 2.45) is 5.92 Å². The van der Waals surface area contributed by atoms with Gasteiger partial charge in [0, 0.05) is 31.7 Å². The van der Waals surface area contributed by atoms with Crippen molar-refractivity contribution in [2.45, 2.75) is 51.1 Å². The molecule has 4 rings (SSSR count). The molecule has 1 saturated carbocycles. The van der Waals surface area contributed by atoms with E-state index in [4.69, 9.17) is 0 Å². The standard InChI is InChI=1S/C21H30N4/c1-17(19-7-8-19)25-21(9-13-22-25)23-20-11-15-24(16-12-20)14-10-18-5-3-2-4-6-18/h2-6,9,13,17,19-20,23H,7-8,10-12,14-16H2,1H3. The lowest BCUT2D eigenvalue weighted by Crippen LogP contribution is -2.40. The monoisotopic (exact) mass is 338 g/mol. The summed E-state index contributed by atoms with van der Waals surface area (Å²) in [4.78, 5) is 2.61. The van der Waals surface area contributed by atoms with Crippen LogP contribution in [0.3, 0.4) is 0 Å². The lowest BCUT2D eigenvalue weighted by Gasteiger charge is -2.33. The maximum Gasteiger partial charge on any atom is 0.124 e. The highest BCUT2D eigenvalue weighted by molar-refractivity contribution is 5.36. The van der Waals surface area contributed by atoms with E-state index in [1.807, 2.05) is 6.20 Å². The summed E-state index contributed by atoms with van der Waals surface area (Å²) in [6.07, 6.45) is 8.26. The first kappa shape index (κ1) is 16.6. The van der Waals surface area contributed by atoms with Gasteiger partial charge in [-0.25, -0.2) is 4.68 Å². The molecule has 2 fully saturated rings. The van der Waals surface area contributed by atoms with E-state index in [1.54, 1.807) is 0 Å². The van der Waals surface area contributed by atoms with Gasteiger partial charge in [0.15, 0.2) is 0 Å². The zero-order chi connectivity index (χ0) is 17.1. The maximum absolute atomic E-state index is 4.56. The summed E-state index contributed by atoms with van der Waals surface area (Å²) >= 11 is 0. The molecule has 1 atom stereocenters. The topological polar surface area (TPSA) is 33.1 Å². The van der Waals surface area contributed by atoms with E-state index in [0.29, 0.717) is 12.1 Å². The minimum absolute atomic E-state index is 0.531. The predicted molar refractivity (Wildman–Crippen MR) is 103 cm³/mol. The SMILES string of the molecule is CC(C1CC1)n1nccc1NC1CCN(CCc2ccccc2)CC1. The Kier molecular flexibility index (Phi) is 5.07. The van der Waals surface area contributed by atoms with Gasteiger partial charge >= 0.3 is 0 Å². The van der Waals surface area contributed by atoms with Crippen LogP contribution < -0.4 is 5.32 Å². The van der Waals surface area contributed by atoms with Crippen molar-refractivity contribution in [3.63, 3.8) is 0 Å². The summed E-state index contributed by atoms with van der Waals surface area (Å²) < 4.78 is 2.21. The molecule has 25 heavy (non-hydrogen) atoms. The molecule has 1 N–H and O–H groups in total. The predicted octanol–water partition coefficient (Wildman–Crippen LogP) is 3.97. The third-order valence-electron chi connectivity index (χ3n) is 5.86. The average Bonchev–Trinajstić information content (AvgIpc) is 3.41. The summed E-state index contributed by atoms with van der Waals surface area (Å²) in [5.41, 5.74) is 1.45. The lowest BCUT2D eigenvalue weighted by atomic mass is 10.0. The number of rotatable bonds is 7. The van der Waals surface area contributed by atoms with Crippen LogP contribution in [-0.4, -0.2) is 40.4 Å². The zero-order valence-corrected chi connectivity index (χ0v) is 15.3. The Hall–Kier alpha value is -1.81. The Bertz CT molecular complexity index is 654. The van der Waals surface area contributed by atoms with Crippen molar-refractivity contribution in [3.05, 3.63) is 48.2 Å². The van der Waals surface area contributed by atoms with Crippen LogP contribution in [-0.2, 0) is 6.42 Å². The van der Waals surface area contributed by atoms with Gasteiger partial charge in [-0.2, -0.15) is 5.10 Å². The molecule has 134 valence electrons. The van der Waals surface area contributed by atoms with Crippen LogP contribution in [0.25, 0.3) is 0 Å². The summed E-state index contributed by atoms with van der Waals surface area (Å²) in [6, 6.07) is 14.1. The first-order chi connectivity index (χ1) is 12.3. The third-order valence-corrected chi connectivity index (χ3v) is 5.86. The van der Waals surface area contributed by atoms with Crippen LogP contribution in [0.1, 0.15) is 44.2 Å². The second kappa shape index (κ2) is 7.61. The number of piperidine rings is 1. The van der Waals surface area contributed by atoms with Crippen LogP contribution in [0, 0.1) is 5.92 Å². The molecule has 4 heteroatoms. The normalized spacial score (nSPS) is 20.5. The summed E-state index contributed by atoms with van der Waals surface area (Å²) in [7, 11) is 0. The molecule has 0 amide bonds. The highest BCUT2D eigenvalue weighted by Gasteiger charge is 2.31. The molecule has 1 aromatic heterocycles. The molecule has 0 spiro atoms. The molecular formula is C21H30N4. The number of hydrogen-bond acceptors (Lipinski definition) is 3. The first-order valence-electron chi connectivity index (χ1n) is 9.86. The number of likely N-dealkylation sites (tertiary alicyclic amines) is 1. The van der Waals surface area contributed by atoms with Crippen LogP contribution in [0.5, 0.6) is 0 Å². The van der Waals surface area contributed by atoms with E-state index in [1.165, 1.54) is 56.7 Å². The fourth-order valence-electron chi connectivity index (χ4n) is 3.97. The minimum atomic E-state index is 0.531. The Labute approximate surface area is 151 Å². The largest absolute Gasteiger partial charge is 0.367 e. The second-order valence-corrected chi connectivity index (χ2v) is 7.73. The molecule has 1 unspecified atom stereocenters. The first-order valence-corrected chi connectivity index (χ1v) is 9.86.